The fraction of sp³-hybridized carbons (Fsp3) is 0.364. The van der Waals surface area contributed by atoms with Crippen LogP contribution in [0.2, 0.25) is 0 Å². The Labute approximate surface area is 195 Å². The number of nitrogens with one attached hydrogen (secondary N) is 1. The minimum absolute atomic E-state index is 0.0256. The third-order valence-electron chi connectivity index (χ3n) is 4.67. The molecule has 0 saturated heterocycles. The predicted octanol–water partition coefficient (Wildman–Crippen LogP) is 5.03. The number of nitro benzene ring substituents is 1. The van der Waals surface area contributed by atoms with Gasteiger partial charge in [0.25, 0.3) is 5.69 Å². The van der Waals surface area contributed by atoms with Crippen LogP contribution in [0.1, 0.15) is 18.1 Å². The van der Waals surface area contributed by atoms with E-state index in [2.05, 4.69) is 15.5 Å². The number of nitrogens with zero attached hydrogens (tertiary/aromatic N) is 4. The summed E-state index contributed by atoms with van der Waals surface area (Å²) in [4.78, 5) is 21.8. The Balaban J connectivity index is 2.20. The predicted molar refractivity (Wildman–Crippen MR) is 124 cm³/mol. The summed E-state index contributed by atoms with van der Waals surface area (Å²) in [5, 5.41) is 18.3. The Morgan fingerprint density at radius 3 is 2.65 bits per heavy atom. The van der Waals surface area contributed by atoms with Gasteiger partial charge in [0, 0.05) is 25.2 Å². The van der Waals surface area contributed by atoms with E-state index in [1.807, 2.05) is 14.0 Å². The Bertz CT molecular complexity index is 1060. The highest BCUT2D eigenvalue weighted by Crippen LogP contribution is 2.33. The molecule has 0 spiro atoms. The summed E-state index contributed by atoms with van der Waals surface area (Å²) < 4.78 is 44.2. The quantitative estimate of drug-likeness (QED) is 0.209. The molecule has 1 N–H and O–H groups in total. The Hall–Kier alpha value is -3.83. The van der Waals surface area contributed by atoms with Crippen LogP contribution >= 0.6 is 0 Å². The van der Waals surface area contributed by atoms with Crippen molar-refractivity contribution in [3.8, 4) is 5.75 Å². The molecule has 2 rings (SSSR count). The third-order valence-corrected chi connectivity index (χ3v) is 4.67. The van der Waals surface area contributed by atoms with Crippen molar-refractivity contribution in [3.05, 3.63) is 57.6 Å². The van der Waals surface area contributed by atoms with Crippen LogP contribution in [0.5, 0.6) is 5.75 Å². The molecule has 0 amide bonds. The number of aliphatic imine (C=N–C) groups is 1. The van der Waals surface area contributed by atoms with E-state index in [1.54, 1.807) is 24.2 Å². The first-order chi connectivity index (χ1) is 16.0. The molecule has 0 unspecified atom stereocenters. The van der Waals surface area contributed by atoms with Gasteiger partial charge in [-0.05, 0) is 38.1 Å². The maximum absolute atomic E-state index is 12.9. The lowest BCUT2D eigenvalue weighted by atomic mass is 10.1. The van der Waals surface area contributed by atoms with Crippen LogP contribution in [-0.4, -0.2) is 55.7 Å². The van der Waals surface area contributed by atoms with Gasteiger partial charge in [0.15, 0.2) is 0 Å². The Morgan fingerprint density at radius 1 is 1.29 bits per heavy atom. The van der Waals surface area contributed by atoms with Crippen molar-refractivity contribution in [1.29, 1.82) is 0 Å². The Kier molecular flexibility index (Phi) is 9.22. The number of hydrogen-bond acceptors (Lipinski definition) is 7. The molecular weight excluding hydrogens is 455 g/mol. The van der Waals surface area contributed by atoms with Crippen LogP contribution in [0.4, 0.5) is 30.2 Å². The van der Waals surface area contributed by atoms with Crippen molar-refractivity contribution in [3.63, 3.8) is 0 Å². The van der Waals surface area contributed by atoms with Crippen molar-refractivity contribution in [2.75, 3.05) is 39.2 Å². The maximum atomic E-state index is 12.9. The van der Waals surface area contributed by atoms with E-state index in [4.69, 9.17) is 9.57 Å². The number of aryl methyl sites for hydroxylation is 1. The van der Waals surface area contributed by atoms with E-state index in [0.717, 1.165) is 12.1 Å². The van der Waals surface area contributed by atoms with Crippen molar-refractivity contribution in [2.45, 2.75) is 20.0 Å². The van der Waals surface area contributed by atoms with Gasteiger partial charge in [-0.15, -0.1) is 0 Å². The topological polar surface area (TPSA) is 102 Å². The van der Waals surface area contributed by atoms with Gasteiger partial charge in [-0.3, -0.25) is 10.1 Å². The molecule has 12 heteroatoms. The molecule has 0 bridgehead atoms. The fourth-order valence-electron chi connectivity index (χ4n) is 2.74. The molecule has 2 aromatic rings. The summed E-state index contributed by atoms with van der Waals surface area (Å²) in [5.41, 5.74) is 0.724. The molecule has 0 saturated carbocycles. The molecule has 0 aliphatic carbocycles. The number of benzene rings is 2. The van der Waals surface area contributed by atoms with Gasteiger partial charge in [0.05, 0.1) is 34.7 Å². The number of rotatable bonds is 11. The highest BCUT2D eigenvalue weighted by molar-refractivity contribution is 5.90. The van der Waals surface area contributed by atoms with Crippen molar-refractivity contribution in [2.24, 2.45) is 10.1 Å². The van der Waals surface area contributed by atoms with Gasteiger partial charge in [0.2, 0.25) is 0 Å². The van der Waals surface area contributed by atoms with Crippen LogP contribution in [-0.2, 0) is 11.0 Å². The number of ether oxygens (including phenoxy) is 1. The van der Waals surface area contributed by atoms with Crippen LogP contribution in [0.15, 0.2) is 46.5 Å². The van der Waals surface area contributed by atoms with E-state index in [-0.39, 0.29) is 24.6 Å². The molecule has 9 nitrogen and oxygen atoms in total. The second-order valence-electron chi connectivity index (χ2n) is 7.24. The van der Waals surface area contributed by atoms with E-state index in [1.165, 1.54) is 25.3 Å². The lowest BCUT2D eigenvalue weighted by molar-refractivity contribution is -0.385. The summed E-state index contributed by atoms with van der Waals surface area (Å²) in [6, 6.07) is 7.46. The number of oxime groups is 1. The highest BCUT2D eigenvalue weighted by Gasteiger charge is 2.30. The molecular formula is C22H26F3N5O4. The van der Waals surface area contributed by atoms with Crippen LogP contribution in [0.3, 0.4) is 0 Å². The second-order valence-corrected chi connectivity index (χ2v) is 7.24. The number of nitro groups is 1. The summed E-state index contributed by atoms with van der Waals surface area (Å²) in [6.07, 6.45) is -2.93. The molecule has 0 aliphatic heterocycles. The smallest absolute Gasteiger partial charge is 0.416 e. The molecule has 0 heterocycles. The van der Waals surface area contributed by atoms with Gasteiger partial charge in [-0.25, -0.2) is 4.99 Å². The number of hydrogen-bond donors (Lipinski definition) is 1. The molecule has 0 radical (unpaired) electrons. The van der Waals surface area contributed by atoms with E-state index < -0.39 is 16.7 Å². The van der Waals surface area contributed by atoms with Crippen LogP contribution in [0.25, 0.3) is 0 Å². The number of anilines is 1. The molecule has 184 valence electrons. The zero-order valence-corrected chi connectivity index (χ0v) is 19.2. The van der Waals surface area contributed by atoms with Crippen LogP contribution in [0, 0.1) is 17.0 Å². The third kappa shape index (κ3) is 7.64. The molecule has 0 atom stereocenters. The van der Waals surface area contributed by atoms with E-state index in [0.29, 0.717) is 29.2 Å². The van der Waals surface area contributed by atoms with Crippen molar-refractivity contribution in [1.82, 2.24) is 4.90 Å². The zero-order valence-electron chi connectivity index (χ0n) is 19.2. The first-order valence-electron chi connectivity index (χ1n) is 10.2. The lowest BCUT2D eigenvalue weighted by Crippen LogP contribution is -2.22. The average molecular weight is 481 g/mol. The van der Waals surface area contributed by atoms with Crippen molar-refractivity contribution >= 4 is 29.1 Å². The summed E-state index contributed by atoms with van der Waals surface area (Å²) in [7, 11) is 3.14. The standard InChI is InChI=1S/C22H26F3N5O4/c1-5-29(3)14-27-20-11-21(30(31)32)15(2)9-19(20)26-12-17(28-33-4)13-34-18-8-6-7-16(10-18)22(23,24)25/h6-11,14,26H,5,12-13H2,1-4H3. The van der Waals surface area contributed by atoms with Crippen molar-refractivity contribution < 1.29 is 27.7 Å². The van der Waals surface area contributed by atoms with Crippen LogP contribution < -0.4 is 10.1 Å². The fourth-order valence-corrected chi connectivity index (χ4v) is 2.74. The number of alkyl halides is 3. The second kappa shape index (κ2) is 11.9. The van der Waals surface area contributed by atoms with Gasteiger partial charge in [-0.1, -0.05) is 11.2 Å². The molecule has 0 aliphatic rings. The average Bonchev–Trinajstić information content (AvgIpc) is 2.79. The maximum Gasteiger partial charge on any atom is 0.416 e. The molecule has 2 aromatic carbocycles. The minimum atomic E-state index is -4.49. The lowest BCUT2D eigenvalue weighted by Gasteiger charge is -2.14. The monoisotopic (exact) mass is 481 g/mol. The summed E-state index contributed by atoms with van der Waals surface area (Å²) in [6.45, 7) is 4.18. The zero-order chi connectivity index (χ0) is 25.3. The first kappa shape index (κ1) is 26.4. The Morgan fingerprint density at radius 2 is 2.03 bits per heavy atom. The van der Waals surface area contributed by atoms with Gasteiger partial charge in [-0.2, -0.15) is 13.2 Å². The van der Waals surface area contributed by atoms with E-state index in [9.17, 15) is 23.3 Å². The summed E-state index contributed by atoms with van der Waals surface area (Å²) >= 11 is 0. The number of halogens is 3. The van der Waals surface area contributed by atoms with Gasteiger partial charge < -0.3 is 19.8 Å². The SMILES string of the molecule is CCN(C)C=Nc1cc([N+](=O)[O-])c(C)cc1NCC(COc1cccc(C(F)(F)F)c1)=NOC. The normalized spacial score (nSPS) is 12.0. The molecule has 0 fully saturated rings. The van der Waals surface area contributed by atoms with Gasteiger partial charge >= 0.3 is 6.18 Å². The van der Waals surface area contributed by atoms with E-state index >= 15 is 0 Å². The highest BCUT2D eigenvalue weighted by atomic mass is 19.4. The summed E-state index contributed by atoms with van der Waals surface area (Å²) in [5.74, 6) is 0.0256. The first-order valence-corrected chi connectivity index (χ1v) is 10.2. The molecule has 34 heavy (non-hydrogen) atoms. The largest absolute Gasteiger partial charge is 0.487 e. The minimum Gasteiger partial charge on any atom is -0.487 e. The molecule has 0 aromatic heterocycles. The van der Waals surface area contributed by atoms with Gasteiger partial charge in [0.1, 0.15) is 25.2 Å².